The van der Waals surface area contributed by atoms with Gasteiger partial charge in [-0.05, 0) is 42.3 Å². The number of phenols is 2. The van der Waals surface area contributed by atoms with E-state index in [1.54, 1.807) is 18.2 Å². The molecule has 34 heavy (non-hydrogen) atoms. The van der Waals surface area contributed by atoms with E-state index in [0.29, 0.717) is 5.56 Å². The van der Waals surface area contributed by atoms with E-state index < -0.39 is 18.0 Å². The molecule has 0 spiro atoms. The van der Waals surface area contributed by atoms with Crippen LogP contribution < -0.4 is 10.5 Å². The maximum atomic E-state index is 10.8. The van der Waals surface area contributed by atoms with Crippen LogP contribution >= 0.6 is 46.4 Å². The second-order valence-electron chi connectivity index (χ2n) is 6.63. The fourth-order valence-electron chi connectivity index (χ4n) is 2.51. The van der Waals surface area contributed by atoms with Crippen molar-refractivity contribution in [3.8, 4) is 23.0 Å². The molecule has 0 aromatic heterocycles. The van der Waals surface area contributed by atoms with Crippen LogP contribution in [-0.2, 0) is 11.2 Å². The molecule has 180 valence electrons. The second kappa shape index (κ2) is 12.0. The van der Waals surface area contributed by atoms with Crippen molar-refractivity contribution < 1.29 is 34.8 Å². The average Bonchev–Trinajstić information content (AvgIpc) is 2.79. The molecule has 8 nitrogen and oxygen atoms in total. The Morgan fingerprint density at radius 1 is 0.794 bits per heavy atom. The third-order valence-electron chi connectivity index (χ3n) is 4.26. The lowest BCUT2D eigenvalue weighted by Gasteiger charge is -2.14. The van der Waals surface area contributed by atoms with Crippen LogP contribution in [0.4, 0.5) is 0 Å². The summed E-state index contributed by atoms with van der Waals surface area (Å²) < 4.78 is 5.57. The van der Waals surface area contributed by atoms with Crippen LogP contribution in [0.25, 0.3) is 0 Å². The maximum absolute atomic E-state index is 10.8. The van der Waals surface area contributed by atoms with Crippen molar-refractivity contribution in [1.29, 1.82) is 0 Å². The molecule has 0 aliphatic heterocycles. The van der Waals surface area contributed by atoms with Crippen molar-refractivity contribution in [2.24, 2.45) is 5.73 Å². The normalized spacial score (nSPS) is 11.2. The summed E-state index contributed by atoms with van der Waals surface area (Å²) in [5.74, 6) is -2.28. The molecule has 0 bridgehead atoms. The van der Waals surface area contributed by atoms with Gasteiger partial charge in [-0.15, -0.1) is 0 Å². The van der Waals surface area contributed by atoms with E-state index in [1.807, 2.05) is 0 Å². The van der Waals surface area contributed by atoms with Crippen LogP contribution in [0.1, 0.15) is 15.9 Å². The zero-order valence-electron chi connectivity index (χ0n) is 17.0. The number of aromatic hydroxyl groups is 2. The topological polar surface area (TPSA) is 150 Å². The standard InChI is InChI=1S/C15H11Cl4NO4.C7H6O3/c16-11-6(5-7(20)15(22)23)1-3-9(13(11)18)24-10-4-2-8(21)12(17)14(10)19;8-6-4-2-1-3-5(6)7(9)10/h1-4,7,21H,5,20H2,(H,22,23);1-4,8H,(H,9,10). The van der Waals surface area contributed by atoms with Gasteiger partial charge in [-0.2, -0.15) is 0 Å². The quantitative estimate of drug-likeness (QED) is 0.257. The van der Waals surface area contributed by atoms with Gasteiger partial charge in [0.15, 0.2) is 0 Å². The molecule has 1 atom stereocenters. The van der Waals surface area contributed by atoms with Crippen LogP contribution in [0.3, 0.4) is 0 Å². The van der Waals surface area contributed by atoms with E-state index >= 15 is 0 Å². The Hall–Kier alpha value is -2.88. The Balaban J connectivity index is 0.000000340. The predicted molar refractivity (Wildman–Crippen MR) is 129 cm³/mol. The Bertz CT molecular complexity index is 1220. The first-order valence-corrected chi connectivity index (χ1v) is 10.8. The first-order valence-electron chi connectivity index (χ1n) is 9.25. The number of halogens is 4. The summed E-state index contributed by atoms with van der Waals surface area (Å²) >= 11 is 24.2. The molecule has 0 amide bonds. The molecular weight excluding hydrogens is 532 g/mol. The van der Waals surface area contributed by atoms with Crippen molar-refractivity contribution >= 4 is 58.3 Å². The van der Waals surface area contributed by atoms with E-state index in [-0.39, 0.29) is 55.1 Å². The molecule has 0 aliphatic carbocycles. The van der Waals surface area contributed by atoms with Crippen molar-refractivity contribution in [1.82, 2.24) is 0 Å². The van der Waals surface area contributed by atoms with Crippen LogP contribution in [0.5, 0.6) is 23.0 Å². The lowest BCUT2D eigenvalue weighted by atomic mass is 10.1. The van der Waals surface area contributed by atoms with E-state index in [2.05, 4.69) is 0 Å². The minimum atomic E-state index is -1.15. The van der Waals surface area contributed by atoms with Gasteiger partial charge in [0, 0.05) is 0 Å². The fourth-order valence-corrected chi connectivity index (χ4v) is 3.32. The summed E-state index contributed by atoms with van der Waals surface area (Å²) in [5, 5.41) is 35.8. The maximum Gasteiger partial charge on any atom is 0.339 e. The van der Waals surface area contributed by atoms with Gasteiger partial charge in [-0.1, -0.05) is 64.6 Å². The summed E-state index contributed by atoms with van der Waals surface area (Å²) in [6.45, 7) is 0. The number of carboxylic acids is 2. The van der Waals surface area contributed by atoms with Crippen LogP contribution in [-0.4, -0.2) is 38.4 Å². The van der Waals surface area contributed by atoms with Gasteiger partial charge in [0.2, 0.25) is 0 Å². The number of ether oxygens (including phenoxy) is 1. The summed E-state index contributed by atoms with van der Waals surface area (Å²) in [4.78, 5) is 21.1. The van der Waals surface area contributed by atoms with Crippen molar-refractivity contribution in [2.75, 3.05) is 0 Å². The molecular formula is C22H17Cl4NO7. The lowest BCUT2D eigenvalue weighted by molar-refractivity contribution is -0.138. The van der Waals surface area contributed by atoms with Gasteiger partial charge in [-0.25, -0.2) is 4.79 Å². The minimum absolute atomic E-state index is 0.0138. The van der Waals surface area contributed by atoms with Crippen molar-refractivity contribution in [3.63, 3.8) is 0 Å². The Labute approximate surface area is 213 Å². The second-order valence-corrected chi connectivity index (χ2v) is 8.15. The van der Waals surface area contributed by atoms with Crippen molar-refractivity contribution in [2.45, 2.75) is 12.5 Å². The molecule has 3 aromatic rings. The zero-order valence-corrected chi connectivity index (χ0v) is 20.0. The minimum Gasteiger partial charge on any atom is -0.507 e. The van der Waals surface area contributed by atoms with Gasteiger partial charge in [0.1, 0.15) is 49.7 Å². The molecule has 0 saturated heterocycles. The van der Waals surface area contributed by atoms with Crippen LogP contribution in [0.15, 0.2) is 48.5 Å². The first kappa shape index (κ1) is 27.4. The molecule has 3 rings (SSSR count). The number of para-hydroxylation sites is 1. The monoisotopic (exact) mass is 547 g/mol. The molecule has 12 heteroatoms. The van der Waals surface area contributed by atoms with E-state index in [4.69, 9.17) is 72.2 Å². The molecule has 0 saturated carbocycles. The highest BCUT2D eigenvalue weighted by Gasteiger charge is 2.19. The largest absolute Gasteiger partial charge is 0.507 e. The summed E-state index contributed by atoms with van der Waals surface area (Å²) in [6, 6.07) is 10.5. The number of carbonyl (C=O) groups is 2. The van der Waals surface area contributed by atoms with Gasteiger partial charge in [0.05, 0.1) is 5.02 Å². The SMILES string of the molecule is NC(Cc1ccc(Oc2ccc(O)c(Cl)c2Cl)c(Cl)c1Cl)C(=O)O.O=C(O)c1ccccc1O. The molecule has 0 fully saturated rings. The molecule has 6 N–H and O–H groups in total. The first-order chi connectivity index (χ1) is 15.9. The number of carboxylic acid groups (broad SMARTS) is 2. The van der Waals surface area contributed by atoms with Gasteiger partial charge < -0.3 is 30.9 Å². The summed E-state index contributed by atoms with van der Waals surface area (Å²) in [7, 11) is 0. The predicted octanol–water partition coefficient (Wildman–Crippen LogP) is 5.84. The molecule has 0 heterocycles. The Morgan fingerprint density at radius 3 is 1.88 bits per heavy atom. The molecule has 0 radical (unpaired) electrons. The van der Waals surface area contributed by atoms with Crippen LogP contribution in [0, 0.1) is 0 Å². The number of aliphatic carboxylic acids is 1. The van der Waals surface area contributed by atoms with Crippen LogP contribution in [0.2, 0.25) is 20.1 Å². The molecule has 0 aliphatic rings. The number of benzene rings is 3. The fraction of sp³-hybridized carbons (Fsp3) is 0.0909. The van der Waals surface area contributed by atoms with Gasteiger partial charge in [-0.3, -0.25) is 4.79 Å². The number of nitrogens with two attached hydrogens (primary N) is 1. The summed E-state index contributed by atoms with van der Waals surface area (Å²) in [6.07, 6.45) is 0.0138. The highest BCUT2D eigenvalue weighted by atomic mass is 35.5. The van der Waals surface area contributed by atoms with Crippen molar-refractivity contribution in [3.05, 3.63) is 79.7 Å². The Morgan fingerprint density at radius 2 is 1.35 bits per heavy atom. The number of hydrogen-bond donors (Lipinski definition) is 5. The van der Waals surface area contributed by atoms with E-state index in [0.717, 1.165) is 0 Å². The lowest BCUT2D eigenvalue weighted by Crippen LogP contribution is -2.32. The van der Waals surface area contributed by atoms with Gasteiger partial charge in [0.25, 0.3) is 0 Å². The van der Waals surface area contributed by atoms with E-state index in [1.165, 1.54) is 30.3 Å². The third-order valence-corrected chi connectivity index (χ3v) is 6.02. The number of rotatable bonds is 6. The molecule has 1 unspecified atom stereocenters. The highest BCUT2D eigenvalue weighted by molar-refractivity contribution is 6.44. The smallest absolute Gasteiger partial charge is 0.339 e. The highest BCUT2D eigenvalue weighted by Crippen LogP contribution is 2.43. The number of phenolic OH excluding ortho intramolecular Hbond substituents is 1. The zero-order chi connectivity index (χ0) is 25.6. The van der Waals surface area contributed by atoms with E-state index in [9.17, 15) is 14.7 Å². The number of hydrogen-bond acceptors (Lipinski definition) is 6. The number of aromatic carboxylic acids is 1. The Kier molecular flexibility index (Phi) is 9.66. The molecule has 3 aromatic carbocycles. The summed E-state index contributed by atoms with van der Waals surface area (Å²) in [5.41, 5.74) is 5.90. The third kappa shape index (κ3) is 6.82. The van der Waals surface area contributed by atoms with Gasteiger partial charge >= 0.3 is 11.9 Å². The average molecular weight is 549 g/mol.